The van der Waals surface area contributed by atoms with Crippen LogP contribution in [0.4, 0.5) is 0 Å². The molecule has 0 aliphatic heterocycles. The molecule has 0 bridgehead atoms. The van der Waals surface area contributed by atoms with E-state index >= 15 is 0 Å². The molecule has 0 aliphatic rings. The number of nitrogens with zero attached hydrogens (tertiary/aromatic N) is 2. The number of rotatable bonds is 4. The van der Waals surface area contributed by atoms with Crippen LogP contribution in [0, 0.1) is 6.92 Å². The maximum Gasteiger partial charge on any atom is 0.153 e. The molecule has 3 aromatic rings. The van der Waals surface area contributed by atoms with Crippen LogP contribution in [0.1, 0.15) is 31.3 Å². The van der Waals surface area contributed by atoms with E-state index < -0.39 is 0 Å². The Kier molecular flexibility index (Phi) is 4.08. The van der Waals surface area contributed by atoms with Gasteiger partial charge in [0.15, 0.2) is 11.9 Å². The molecule has 0 saturated heterocycles. The fourth-order valence-electron chi connectivity index (χ4n) is 2.68. The lowest BCUT2D eigenvalue weighted by atomic mass is 10.2. The number of aryl methyl sites for hydroxylation is 2. The number of imidazole rings is 1. The van der Waals surface area contributed by atoms with Gasteiger partial charge >= 0.3 is 0 Å². The lowest BCUT2D eigenvalue weighted by Gasteiger charge is -2.16. The summed E-state index contributed by atoms with van der Waals surface area (Å²) in [6.07, 6.45) is -0.132. The quantitative estimate of drug-likeness (QED) is 0.665. The molecule has 0 spiro atoms. The molecule has 22 heavy (non-hydrogen) atoms. The molecule has 4 heteroatoms. The lowest BCUT2D eigenvalue weighted by Crippen LogP contribution is -2.11. The molecule has 1 heterocycles. The van der Waals surface area contributed by atoms with Crippen molar-refractivity contribution >= 4 is 22.6 Å². The Bertz CT molecular complexity index is 810. The third-order valence-corrected chi connectivity index (χ3v) is 4.23. The van der Waals surface area contributed by atoms with Gasteiger partial charge in [-0.3, -0.25) is 0 Å². The molecule has 0 saturated carbocycles. The number of benzene rings is 2. The van der Waals surface area contributed by atoms with Crippen LogP contribution in [0.5, 0.6) is 5.75 Å². The van der Waals surface area contributed by atoms with Crippen LogP contribution >= 0.6 is 11.6 Å². The molecule has 1 unspecified atom stereocenters. The van der Waals surface area contributed by atoms with Gasteiger partial charge in [-0.15, -0.1) is 0 Å². The molecule has 0 amide bonds. The van der Waals surface area contributed by atoms with Crippen molar-refractivity contribution < 1.29 is 4.74 Å². The van der Waals surface area contributed by atoms with E-state index in [9.17, 15) is 0 Å². The van der Waals surface area contributed by atoms with Gasteiger partial charge in [-0.2, -0.15) is 0 Å². The number of aromatic nitrogens is 2. The van der Waals surface area contributed by atoms with Gasteiger partial charge < -0.3 is 9.30 Å². The van der Waals surface area contributed by atoms with Gasteiger partial charge in [0.05, 0.1) is 11.0 Å². The molecule has 1 atom stereocenters. The number of hydrogen-bond acceptors (Lipinski definition) is 2. The Morgan fingerprint density at radius 1 is 1.23 bits per heavy atom. The van der Waals surface area contributed by atoms with Crippen LogP contribution in [0.25, 0.3) is 11.0 Å². The summed E-state index contributed by atoms with van der Waals surface area (Å²) in [5.41, 5.74) is 3.15. The van der Waals surface area contributed by atoms with Crippen LogP contribution in [-0.2, 0) is 6.54 Å². The maximum atomic E-state index is 6.07. The minimum Gasteiger partial charge on any atom is -0.483 e. The maximum absolute atomic E-state index is 6.07. The van der Waals surface area contributed by atoms with Gasteiger partial charge in [0.2, 0.25) is 0 Å². The third kappa shape index (κ3) is 2.69. The van der Waals surface area contributed by atoms with Crippen molar-refractivity contribution in [2.45, 2.75) is 33.4 Å². The standard InChI is InChI=1S/C18H19ClN2O/c1-4-21-17-8-6-5-7-16(17)20-18(21)13(3)22-14-9-10-15(19)12(2)11-14/h5-11,13H,4H2,1-3H3. The van der Waals surface area contributed by atoms with Crippen molar-refractivity contribution in [3.8, 4) is 5.75 Å². The predicted octanol–water partition coefficient (Wildman–Crippen LogP) is 5.16. The number of hydrogen-bond donors (Lipinski definition) is 0. The van der Waals surface area contributed by atoms with Crippen LogP contribution in [0.15, 0.2) is 42.5 Å². The highest BCUT2D eigenvalue weighted by molar-refractivity contribution is 6.31. The highest BCUT2D eigenvalue weighted by atomic mass is 35.5. The van der Waals surface area contributed by atoms with E-state index in [2.05, 4.69) is 17.6 Å². The van der Waals surface area contributed by atoms with Crippen molar-refractivity contribution in [1.29, 1.82) is 0 Å². The van der Waals surface area contributed by atoms with E-state index in [1.807, 2.05) is 50.2 Å². The van der Waals surface area contributed by atoms with Crippen molar-refractivity contribution in [3.05, 3.63) is 58.9 Å². The summed E-state index contributed by atoms with van der Waals surface area (Å²) in [5.74, 6) is 1.75. The van der Waals surface area contributed by atoms with E-state index in [4.69, 9.17) is 21.3 Å². The zero-order chi connectivity index (χ0) is 15.7. The van der Waals surface area contributed by atoms with Crippen molar-refractivity contribution in [2.75, 3.05) is 0 Å². The van der Waals surface area contributed by atoms with E-state index in [0.29, 0.717) is 0 Å². The molecular weight excluding hydrogens is 296 g/mol. The number of fused-ring (bicyclic) bond motifs is 1. The Morgan fingerprint density at radius 2 is 2.00 bits per heavy atom. The first-order valence-electron chi connectivity index (χ1n) is 7.48. The number of ether oxygens (including phenoxy) is 1. The average molecular weight is 315 g/mol. The van der Waals surface area contributed by atoms with Crippen molar-refractivity contribution in [2.24, 2.45) is 0 Å². The summed E-state index contributed by atoms with van der Waals surface area (Å²) in [5, 5.41) is 0.751. The van der Waals surface area contributed by atoms with E-state index in [0.717, 1.165) is 39.7 Å². The molecular formula is C18H19ClN2O. The first-order valence-corrected chi connectivity index (χ1v) is 7.86. The molecule has 2 aromatic carbocycles. The zero-order valence-electron chi connectivity index (χ0n) is 13.0. The van der Waals surface area contributed by atoms with Gasteiger partial charge in [0, 0.05) is 11.6 Å². The first-order chi connectivity index (χ1) is 10.6. The largest absolute Gasteiger partial charge is 0.483 e. The van der Waals surface area contributed by atoms with E-state index in [-0.39, 0.29) is 6.10 Å². The summed E-state index contributed by atoms with van der Waals surface area (Å²) in [4.78, 5) is 4.73. The van der Waals surface area contributed by atoms with Crippen molar-refractivity contribution in [3.63, 3.8) is 0 Å². The van der Waals surface area contributed by atoms with Crippen molar-refractivity contribution in [1.82, 2.24) is 9.55 Å². The molecule has 3 nitrogen and oxygen atoms in total. The Balaban J connectivity index is 1.94. The molecule has 3 rings (SSSR count). The Hall–Kier alpha value is -2.00. The lowest BCUT2D eigenvalue weighted by molar-refractivity contribution is 0.212. The number of para-hydroxylation sites is 2. The first kappa shape index (κ1) is 14.9. The van der Waals surface area contributed by atoms with Gasteiger partial charge in [0.25, 0.3) is 0 Å². The molecule has 1 aromatic heterocycles. The topological polar surface area (TPSA) is 27.1 Å². The van der Waals surface area contributed by atoms with Gasteiger partial charge in [0.1, 0.15) is 5.75 Å². The minimum absolute atomic E-state index is 0.132. The fourth-order valence-corrected chi connectivity index (χ4v) is 2.80. The summed E-state index contributed by atoms with van der Waals surface area (Å²) in [6, 6.07) is 13.9. The fraction of sp³-hybridized carbons (Fsp3) is 0.278. The second-order valence-corrected chi connectivity index (χ2v) is 5.78. The third-order valence-electron chi connectivity index (χ3n) is 3.81. The van der Waals surface area contributed by atoms with Crippen LogP contribution in [0.2, 0.25) is 5.02 Å². The normalized spacial score (nSPS) is 12.5. The average Bonchev–Trinajstić information content (AvgIpc) is 2.89. The highest BCUT2D eigenvalue weighted by Crippen LogP contribution is 2.27. The summed E-state index contributed by atoms with van der Waals surface area (Å²) < 4.78 is 8.26. The van der Waals surface area contributed by atoms with Crippen LogP contribution < -0.4 is 4.74 Å². The van der Waals surface area contributed by atoms with Crippen LogP contribution in [0.3, 0.4) is 0 Å². The monoisotopic (exact) mass is 314 g/mol. The van der Waals surface area contributed by atoms with E-state index in [1.54, 1.807) is 0 Å². The number of halogens is 1. The van der Waals surface area contributed by atoms with E-state index in [1.165, 1.54) is 0 Å². The molecule has 0 fully saturated rings. The Morgan fingerprint density at radius 3 is 2.73 bits per heavy atom. The smallest absolute Gasteiger partial charge is 0.153 e. The summed E-state index contributed by atoms with van der Waals surface area (Å²) in [6.45, 7) is 6.98. The molecule has 0 aliphatic carbocycles. The molecule has 114 valence electrons. The minimum atomic E-state index is -0.132. The van der Waals surface area contributed by atoms with Gasteiger partial charge in [-0.1, -0.05) is 23.7 Å². The Labute approximate surface area is 135 Å². The highest BCUT2D eigenvalue weighted by Gasteiger charge is 2.17. The molecule has 0 N–H and O–H groups in total. The SMILES string of the molecule is CCn1c(C(C)Oc2ccc(Cl)c(C)c2)nc2ccccc21. The molecule has 0 radical (unpaired) electrons. The van der Waals surface area contributed by atoms with Crippen LogP contribution in [-0.4, -0.2) is 9.55 Å². The zero-order valence-corrected chi connectivity index (χ0v) is 13.8. The summed E-state index contributed by atoms with van der Waals surface area (Å²) in [7, 11) is 0. The van der Waals surface area contributed by atoms with Gasteiger partial charge in [-0.05, 0) is 56.7 Å². The second kappa shape index (κ2) is 6.01. The van der Waals surface area contributed by atoms with Gasteiger partial charge in [-0.25, -0.2) is 4.98 Å². The summed E-state index contributed by atoms with van der Waals surface area (Å²) >= 11 is 6.06. The predicted molar refractivity (Wildman–Crippen MR) is 90.6 cm³/mol. The second-order valence-electron chi connectivity index (χ2n) is 5.37.